The fourth-order valence-electron chi connectivity index (χ4n) is 1.98. The summed E-state index contributed by atoms with van der Waals surface area (Å²) >= 11 is 0. The number of fused-ring (bicyclic) bond motifs is 1. The van der Waals surface area contributed by atoms with Gasteiger partial charge in [0.05, 0.1) is 0 Å². The molecule has 2 heteroatoms. The SMILES string of the molecule is C/C(=C\C=C\C(=O)O)c1ccc2cc(C)ccc2c1. The number of carboxylic acid groups (broad SMARTS) is 1. The lowest BCUT2D eigenvalue weighted by Crippen LogP contribution is -1.85. The van der Waals surface area contributed by atoms with Crippen molar-refractivity contribution < 1.29 is 9.90 Å². The number of aryl methyl sites for hydroxylation is 1. The largest absolute Gasteiger partial charge is 0.478 e. The van der Waals surface area contributed by atoms with Crippen LogP contribution in [0.3, 0.4) is 0 Å². The van der Waals surface area contributed by atoms with Crippen LogP contribution in [0.2, 0.25) is 0 Å². The zero-order chi connectivity index (χ0) is 13.8. The Labute approximate surface area is 112 Å². The second-order valence-corrected chi connectivity index (χ2v) is 4.61. The maximum Gasteiger partial charge on any atom is 0.328 e. The van der Waals surface area contributed by atoms with Crippen LogP contribution in [0.1, 0.15) is 18.1 Å². The van der Waals surface area contributed by atoms with Gasteiger partial charge >= 0.3 is 5.97 Å². The Morgan fingerprint density at radius 2 is 1.79 bits per heavy atom. The van der Waals surface area contributed by atoms with E-state index in [1.54, 1.807) is 6.08 Å². The maximum atomic E-state index is 10.4. The van der Waals surface area contributed by atoms with E-state index in [4.69, 9.17) is 5.11 Å². The number of hydrogen-bond donors (Lipinski definition) is 1. The van der Waals surface area contributed by atoms with Gasteiger partial charge in [0.2, 0.25) is 0 Å². The number of rotatable bonds is 3. The standard InChI is InChI=1S/C17H16O2/c1-12-6-7-16-11-14(8-9-15(16)10-12)13(2)4-3-5-17(18)19/h3-11H,1-2H3,(H,18,19)/b5-3+,13-4+. The van der Waals surface area contributed by atoms with E-state index in [2.05, 4.69) is 43.3 Å². The van der Waals surface area contributed by atoms with Crippen molar-refractivity contribution in [3.05, 3.63) is 65.8 Å². The van der Waals surface area contributed by atoms with Crippen molar-refractivity contribution in [2.45, 2.75) is 13.8 Å². The normalized spacial score (nSPS) is 12.2. The van der Waals surface area contributed by atoms with Crippen LogP contribution < -0.4 is 0 Å². The van der Waals surface area contributed by atoms with Gasteiger partial charge in [0.1, 0.15) is 0 Å². The van der Waals surface area contributed by atoms with E-state index in [0.717, 1.165) is 17.2 Å². The monoisotopic (exact) mass is 252 g/mol. The van der Waals surface area contributed by atoms with E-state index >= 15 is 0 Å². The van der Waals surface area contributed by atoms with E-state index in [-0.39, 0.29) is 0 Å². The molecule has 0 saturated heterocycles. The number of hydrogen-bond acceptors (Lipinski definition) is 1. The average Bonchev–Trinajstić information content (AvgIpc) is 2.37. The summed E-state index contributed by atoms with van der Waals surface area (Å²) in [7, 11) is 0. The minimum absolute atomic E-state index is 0.932. The van der Waals surface area contributed by atoms with Crippen molar-refractivity contribution in [3.63, 3.8) is 0 Å². The maximum absolute atomic E-state index is 10.4. The van der Waals surface area contributed by atoms with Crippen molar-refractivity contribution in [2.24, 2.45) is 0 Å². The Bertz CT molecular complexity index is 679. The molecule has 0 aliphatic carbocycles. The quantitative estimate of drug-likeness (QED) is 0.657. The first-order valence-corrected chi connectivity index (χ1v) is 6.15. The van der Waals surface area contributed by atoms with Gasteiger partial charge in [0, 0.05) is 6.08 Å². The van der Waals surface area contributed by atoms with Gasteiger partial charge in [-0.3, -0.25) is 0 Å². The van der Waals surface area contributed by atoms with Gasteiger partial charge in [0.25, 0.3) is 0 Å². The topological polar surface area (TPSA) is 37.3 Å². The highest BCUT2D eigenvalue weighted by Gasteiger charge is 1.98. The molecule has 19 heavy (non-hydrogen) atoms. The Kier molecular flexibility index (Phi) is 3.81. The molecule has 0 spiro atoms. The molecule has 0 heterocycles. The van der Waals surface area contributed by atoms with E-state index in [9.17, 15) is 4.79 Å². The van der Waals surface area contributed by atoms with Crippen LogP contribution in [0.4, 0.5) is 0 Å². The first kappa shape index (κ1) is 13.1. The number of benzene rings is 2. The molecule has 96 valence electrons. The van der Waals surface area contributed by atoms with Gasteiger partial charge in [-0.15, -0.1) is 0 Å². The molecule has 0 atom stereocenters. The summed E-state index contributed by atoms with van der Waals surface area (Å²) in [6, 6.07) is 12.6. The van der Waals surface area contributed by atoms with Crippen LogP contribution in [0, 0.1) is 6.92 Å². The van der Waals surface area contributed by atoms with E-state index in [1.165, 1.54) is 16.3 Å². The van der Waals surface area contributed by atoms with Gasteiger partial charge < -0.3 is 5.11 Å². The lowest BCUT2D eigenvalue weighted by molar-refractivity contribution is -0.131. The second kappa shape index (κ2) is 5.53. The van der Waals surface area contributed by atoms with Crippen molar-refractivity contribution in [2.75, 3.05) is 0 Å². The minimum Gasteiger partial charge on any atom is -0.478 e. The number of allylic oxidation sites excluding steroid dienone is 3. The van der Waals surface area contributed by atoms with E-state index in [0.29, 0.717) is 0 Å². The molecule has 2 nitrogen and oxygen atoms in total. The van der Waals surface area contributed by atoms with Crippen molar-refractivity contribution in [1.29, 1.82) is 0 Å². The highest BCUT2D eigenvalue weighted by molar-refractivity contribution is 5.87. The van der Waals surface area contributed by atoms with Crippen molar-refractivity contribution in [1.82, 2.24) is 0 Å². The molecule has 2 aromatic carbocycles. The van der Waals surface area contributed by atoms with Gasteiger partial charge in [-0.1, -0.05) is 48.0 Å². The summed E-state index contributed by atoms with van der Waals surface area (Å²) in [5, 5.41) is 11.0. The summed E-state index contributed by atoms with van der Waals surface area (Å²) in [5.41, 5.74) is 3.39. The zero-order valence-electron chi connectivity index (χ0n) is 11.1. The van der Waals surface area contributed by atoms with E-state index < -0.39 is 5.97 Å². The molecule has 2 aromatic rings. The lowest BCUT2D eigenvalue weighted by atomic mass is 10.0. The van der Waals surface area contributed by atoms with Crippen LogP contribution >= 0.6 is 0 Å². The van der Waals surface area contributed by atoms with Crippen LogP contribution in [0.15, 0.2) is 54.6 Å². The Morgan fingerprint density at radius 3 is 2.53 bits per heavy atom. The lowest BCUT2D eigenvalue weighted by Gasteiger charge is -2.04. The van der Waals surface area contributed by atoms with Crippen LogP contribution in [0.25, 0.3) is 16.3 Å². The molecule has 0 radical (unpaired) electrons. The Hall–Kier alpha value is -2.35. The van der Waals surface area contributed by atoms with Crippen LogP contribution in [0.5, 0.6) is 0 Å². The molecule has 0 amide bonds. The summed E-state index contributed by atoms with van der Waals surface area (Å²) in [4.78, 5) is 10.4. The first-order chi connectivity index (χ1) is 9.06. The first-order valence-electron chi connectivity index (χ1n) is 6.15. The molecule has 0 unspecified atom stereocenters. The minimum atomic E-state index is -0.932. The number of aliphatic carboxylic acids is 1. The third-order valence-electron chi connectivity index (χ3n) is 3.04. The van der Waals surface area contributed by atoms with Crippen molar-refractivity contribution >= 4 is 22.3 Å². The molecule has 1 N–H and O–H groups in total. The number of carboxylic acids is 1. The highest BCUT2D eigenvalue weighted by atomic mass is 16.4. The predicted molar refractivity (Wildman–Crippen MR) is 79.1 cm³/mol. The molecule has 0 aliphatic heterocycles. The molecule has 0 fully saturated rings. The van der Waals surface area contributed by atoms with Gasteiger partial charge in [0.15, 0.2) is 0 Å². The van der Waals surface area contributed by atoms with Crippen LogP contribution in [-0.2, 0) is 4.79 Å². The summed E-state index contributed by atoms with van der Waals surface area (Å²) in [6.45, 7) is 4.05. The molecule has 2 rings (SSSR count). The molecule has 0 aliphatic rings. The molecule has 0 bridgehead atoms. The predicted octanol–water partition coefficient (Wildman–Crippen LogP) is 4.19. The summed E-state index contributed by atoms with van der Waals surface area (Å²) in [5.74, 6) is -0.932. The fourth-order valence-corrected chi connectivity index (χ4v) is 1.98. The Balaban J connectivity index is 2.35. The zero-order valence-corrected chi connectivity index (χ0v) is 11.1. The second-order valence-electron chi connectivity index (χ2n) is 4.61. The van der Waals surface area contributed by atoms with Gasteiger partial charge in [-0.25, -0.2) is 4.79 Å². The third-order valence-corrected chi connectivity index (χ3v) is 3.04. The Morgan fingerprint density at radius 1 is 1.11 bits per heavy atom. The molecule has 0 aromatic heterocycles. The van der Waals surface area contributed by atoms with Gasteiger partial charge in [-0.05, 0) is 41.8 Å². The smallest absolute Gasteiger partial charge is 0.328 e. The number of carbonyl (C=O) groups is 1. The molecular formula is C17H16O2. The molecular weight excluding hydrogens is 236 g/mol. The van der Waals surface area contributed by atoms with Crippen molar-refractivity contribution in [3.8, 4) is 0 Å². The van der Waals surface area contributed by atoms with Gasteiger partial charge in [-0.2, -0.15) is 0 Å². The summed E-state index contributed by atoms with van der Waals surface area (Å²) < 4.78 is 0. The van der Waals surface area contributed by atoms with Crippen LogP contribution in [-0.4, -0.2) is 11.1 Å². The highest BCUT2D eigenvalue weighted by Crippen LogP contribution is 2.22. The average molecular weight is 252 g/mol. The molecule has 0 saturated carbocycles. The third kappa shape index (κ3) is 3.32. The fraction of sp³-hybridized carbons (Fsp3) is 0.118. The summed E-state index contributed by atoms with van der Waals surface area (Å²) in [6.07, 6.45) is 4.49. The van der Waals surface area contributed by atoms with E-state index in [1.807, 2.05) is 13.0 Å².